The van der Waals surface area contributed by atoms with Crippen molar-refractivity contribution in [2.45, 2.75) is 25.9 Å². The van der Waals surface area contributed by atoms with Gasteiger partial charge in [-0.05, 0) is 30.5 Å². The van der Waals surface area contributed by atoms with Crippen molar-refractivity contribution in [2.24, 2.45) is 0 Å². The summed E-state index contributed by atoms with van der Waals surface area (Å²) in [4.78, 5) is 10.5. The van der Waals surface area contributed by atoms with E-state index in [1.165, 1.54) is 19.1 Å². The maximum atomic E-state index is 12.3. The number of benzene rings is 1. The van der Waals surface area contributed by atoms with E-state index >= 15 is 0 Å². The van der Waals surface area contributed by atoms with E-state index in [0.717, 1.165) is 17.7 Å². The van der Waals surface area contributed by atoms with Gasteiger partial charge >= 0.3 is 12.1 Å². The van der Waals surface area contributed by atoms with Crippen LogP contribution in [0.25, 0.3) is 0 Å². The molecule has 0 bridgehead atoms. The first-order chi connectivity index (χ1) is 7.89. The summed E-state index contributed by atoms with van der Waals surface area (Å²) in [5, 5.41) is 0. The van der Waals surface area contributed by atoms with Crippen LogP contribution in [0, 0.1) is 0 Å². The van der Waals surface area contributed by atoms with Gasteiger partial charge in [0.25, 0.3) is 0 Å². The monoisotopic (exact) mass is 246 g/mol. The summed E-state index contributed by atoms with van der Waals surface area (Å²) in [5.74, 6) is -0.350. The van der Waals surface area contributed by atoms with E-state index < -0.39 is 11.7 Å². The number of alkyl halides is 3. The normalized spacial score (nSPS) is 11.3. The van der Waals surface area contributed by atoms with Gasteiger partial charge < -0.3 is 4.74 Å². The maximum Gasteiger partial charge on any atom is 0.416 e. The third-order valence-electron chi connectivity index (χ3n) is 2.20. The second-order valence-electron chi connectivity index (χ2n) is 3.64. The fourth-order valence-electron chi connectivity index (χ4n) is 1.35. The van der Waals surface area contributed by atoms with Crippen LogP contribution in [-0.2, 0) is 22.1 Å². The third kappa shape index (κ3) is 4.89. The van der Waals surface area contributed by atoms with Gasteiger partial charge in [-0.2, -0.15) is 13.2 Å². The van der Waals surface area contributed by atoms with E-state index in [-0.39, 0.29) is 12.6 Å². The first-order valence-corrected chi connectivity index (χ1v) is 5.19. The van der Waals surface area contributed by atoms with Crippen LogP contribution >= 0.6 is 0 Å². The first-order valence-electron chi connectivity index (χ1n) is 5.19. The maximum absolute atomic E-state index is 12.3. The number of halogens is 3. The van der Waals surface area contributed by atoms with Crippen LogP contribution in [0.3, 0.4) is 0 Å². The fraction of sp³-hybridized carbons (Fsp3) is 0.417. The second-order valence-corrected chi connectivity index (χ2v) is 3.64. The Bertz CT molecular complexity index is 368. The molecule has 0 aliphatic rings. The topological polar surface area (TPSA) is 26.3 Å². The third-order valence-corrected chi connectivity index (χ3v) is 2.20. The van der Waals surface area contributed by atoms with E-state index in [0.29, 0.717) is 12.8 Å². The molecule has 0 saturated carbocycles. The minimum Gasteiger partial charge on any atom is -0.466 e. The molecule has 17 heavy (non-hydrogen) atoms. The predicted octanol–water partition coefficient (Wildman–Crippen LogP) is 3.20. The number of rotatable bonds is 4. The van der Waals surface area contributed by atoms with Crippen LogP contribution < -0.4 is 0 Å². The van der Waals surface area contributed by atoms with E-state index in [9.17, 15) is 18.0 Å². The van der Waals surface area contributed by atoms with Gasteiger partial charge in [-0.15, -0.1) is 0 Å². The summed E-state index contributed by atoms with van der Waals surface area (Å²) >= 11 is 0. The van der Waals surface area contributed by atoms with Gasteiger partial charge in [0.1, 0.15) is 0 Å². The van der Waals surface area contributed by atoms with Crippen molar-refractivity contribution >= 4 is 5.97 Å². The Labute approximate surface area is 97.4 Å². The standard InChI is InChI=1S/C12H13F3O2/c1-9(16)17-8-2-3-10-4-6-11(7-5-10)12(13,14)15/h4-7H,2-3,8H2,1H3. The number of hydrogen-bond donors (Lipinski definition) is 0. The zero-order valence-electron chi connectivity index (χ0n) is 9.38. The molecule has 1 rings (SSSR count). The van der Waals surface area contributed by atoms with Crippen LogP contribution in [-0.4, -0.2) is 12.6 Å². The molecule has 0 unspecified atom stereocenters. The summed E-state index contributed by atoms with van der Waals surface area (Å²) in [6.07, 6.45) is -3.10. The molecule has 0 N–H and O–H groups in total. The highest BCUT2D eigenvalue weighted by Crippen LogP contribution is 2.29. The second kappa shape index (κ2) is 5.70. The highest BCUT2D eigenvalue weighted by molar-refractivity contribution is 5.65. The molecule has 94 valence electrons. The Morgan fingerprint density at radius 3 is 2.29 bits per heavy atom. The van der Waals surface area contributed by atoms with Gasteiger partial charge in [0.15, 0.2) is 0 Å². The average molecular weight is 246 g/mol. The highest BCUT2D eigenvalue weighted by Gasteiger charge is 2.29. The minimum atomic E-state index is -4.30. The van der Waals surface area contributed by atoms with E-state index in [2.05, 4.69) is 0 Å². The van der Waals surface area contributed by atoms with E-state index in [4.69, 9.17) is 4.74 Å². The quantitative estimate of drug-likeness (QED) is 0.602. The fourth-order valence-corrected chi connectivity index (χ4v) is 1.35. The van der Waals surface area contributed by atoms with E-state index in [1.807, 2.05) is 0 Å². The van der Waals surface area contributed by atoms with Gasteiger partial charge in [-0.3, -0.25) is 4.79 Å². The van der Waals surface area contributed by atoms with Gasteiger partial charge in [-0.25, -0.2) is 0 Å². The van der Waals surface area contributed by atoms with Gasteiger partial charge in [-0.1, -0.05) is 12.1 Å². The lowest BCUT2D eigenvalue weighted by Gasteiger charge is -2.07. The molecule has 0 atom stereocenters. The number of aryl methyl sites for hydroxylation is 1. The Morgan fingerprint density at radius 1 is 1.24 bits per heavy atom. The SMILES string of the molecule is CC(=O)OCCCc1ccc(C(F)(F)F)cc1. The molecule has 1 aromatic rings. The Balaban J connectivity index is 2.43. The largest absolute Gasteiger partial charge is 0.466 e. The molecule has 0 aliphatic heterocycles. The van der Waals surface area contributed by atoms with Crippen molar-refractivity contribution in [1.82, 2.24) is 0 Å². The lowest BCUT2D eigenvalue weighted by molar-refractivity contribution is -0.141. The zero-order chi connectivity index (χ0) is 12.9. The van der Waals surface area contributed by atoms with Crippen LogP contribution in [0.4, 0.5) is 13.2 Å². The number of carbonyl (C=O) groups excluding carboxylic acids is 1. The number of ether oxygens (including phenoxy) is 1. The van der Waals surface area contributed by atoms with Crippen LogP contribution in [0.15, 0.2) is 24.3 Å². The molecule has 2 nitrogen and oxygen atoms in total. The van der Waals surface area contributed by atoms with Crippen molar-refractivity contribution in [3.63, 3.8) is 0 Å². The molecule has 0 fully saturated rings. The molecule has 1 aromatic carbocycles. The summed E-state index contributed by atoms with van der Waals surface area (Å²) in [7, 11) is 0. The Hall–Kier alpha value is -1.52. The van der Waals surface area contributed by atoms with Crippen molar-refractivity contribution in [3.05, 3.63) is 35.4 Å². The lowest BCUT2D eigenvalue weighted by Crippen LogP contribution is -2.05. The van der Waals surface area contributed by atoms with Gasteiger partial charge in [0.2, 0.25) is 0 Å². The number of hydrogen-bond acceptors (Lipinski definition) is 2. The molecular formula is C12H13F3O2. The smallest absolute Gasteiger partial charge is 0.416 e. The first kappa shape index (κ1) is 13.5. The number of esters is 1. The van der Waals surface area contributed by atoms with Crippen molar-refractivity contribution in [2.75, 3.05) is 6.61 Å². The minimum absolute atomic E-state index is 0.288. The van der Waals surface area contributed by atoms with Gasteiger partial charge in [0, 0.05) is 6.92 Å². The molecule has 0 amide bonds. The molecule has 5 heteroatoms. The molecule has 0 radical (unpaired) electrons. The molecule has 0 spiro atoms. The van der Waals surface area contributed by atoms with Crippen molar-refractivity contribution in [1.29, 1.82) is 0 Å². The molecule has 0 heterocycles. The predicted molar refractivity (Wildman–Crippen MR) is 56.4 cm³/mol. The molecule has 0 saturated heterocycles. The Kier molecular flexibility index (Phi) is 4.54. The van der Waals surface area contributed by atoms with Crippen LogP contribution in [0.5, 0.6) is 0 Å². The summed E-state index contributed by atoms with van der Waals surface area (Å²) in [6, 6.07) is 5.00. The molecular weight excluding hydrogens is 233 g/mol. The Morgan fingerprint density at radius 2 is 1.82 bits per heavy atom. The molecule has 0 aliphatic carbocycles. The summed E-state index contributed by atoms with van der Waals surface area (Å²) < 4.78 is 41.5. The van der Waals surface area contributed by atoms with Crippen LogP contribution in [0.2, 0.25) is 0 Å². The van der Waals surface area contributed by atoms with Crippen molar-refractivity contribution in [3.8, 4) is 0 Å². The average Bonchev–Trinajstić information content (AvgIpc) is 2.23. The lowest BCUT2D eigenvalue weighted by atomic mass is 10.1. The zero-order valence-corrected chi connectivity index (χ0v) is 9.38. The highest BCUT2D eigenvalue weighted by atomic mass is 19.4. The number of carbonyl (C=O) groups is 1. The van der Waals surface area contributed by atoms with E-state index in [1.54, 1.807) is 0 Å². The van der Waals surface area contributed by atoms with Gasteiger partial charge in [0.05, 0.1) is 12.2 Å². The summed E-state index contributed by atoms with van der Waals surface area (Å²) in [6.45, 7) is 1.61. The summed E-state index contributed by atoms with van der Waals surface area (Å²) in [5.41, 5.74) is 0.145. The van der Waals surface area contributed by atoms with Crippen molar-refractivity contribution < 1.29 is 22.7 Å². The molecule has 0 aromatic heterocycles. The van der Waals surface area contributed by atoms with Crippen LogP contribution in [0.1, 0.15) is 24.5 Å².